The minimum atomic E-state index is 0.609. The standard InChI is InChI=1S/C14H28N2O/c1-2-3-8-16(13-4-5-13)14(11-15)12-6-9-17-10-7-12/h12-14H,2-11,15H2,1H3. The molecule has 0 aromatic carbocycles. The highest BCUT2D eigenvalue weighted by Gasteiger charge is 2.36. The van der Waals surface area contributed by atoms with Crippen LogP contribution in [0.2, 0.25) is 0 Å². The highest BCUT2D eigenvalue weighted by molar-refractivity contribution is 4.92. The third-order valence-corrected chi connectivity index (χ3v) is 4.26. The molecule has 0 aromatic rings. The van der Waals surface area contributed by atoms with E-state index in [4.69, 9.17) is 10.5 Å². The summed E-state index contributed by atoms with van der Waals surface area (Å²) in [5.41, 5.74) is 6.06. The quantitative estimate of drug-likeness (QED) is 0.740. The van der Waals surface area contributed by atoms with E-state index in [0.29, 0.717) is 6.04 Å². The van der Waals surface area contributed by atoms with Crippen molar-refractivity contribution in [2.24, 2.45) is 11.7 Å². The highest BCUT2D eigenvalue weighted by atomic mass is 16.5. The first-order valence-electron chi connectivity index (χ1n) is 7.40. The van der Waals surface area contributed by atoms with Gasteiger partial charge < -0.3 is 10.5 Å². The topological polar surface area (TPSA) is 38.5 Å². The Balaban J connectivity index is 1.91. The summed E-state index contributed by atoms with van der Waals surface area (Å²) in [5, 5.41) is 0. The summed E-state index contributed by atoms with van der Waals surface area (Å²) >= 11 is 0. The molecule has 17 heavy (non-hydrogen) atoms. The third kappa shape index (κ3) is 3.67. The predicted molar refractivity (Wildman–Crippen MR) is 71.0 cm³/mol. The SMILES string of the molecule is CCCCN(C1CC1)C(CN)C1CCOCC1. The van der Waals surface area contributed by atoms with Gasteiger partial charge in [-0.15, -0.1) is 0 Å². The molecule has 3 heteroatoms. The van der Waals surface area contributed by atoms with Gasteiger partial charge in [0.25, 0.3) is 0 Å². The highest BCUT2D eigenvalue weighted by Crippen LogP contribution is 2.33. The minimum Gasteiger partial charge on any atom is -0.381 e. The lowest BCUT2D eigenvalue weighted by molar-refractivity contribution is 0.0248. The van der Waals surface area contributed by atoms with Crippen LogP contribution in [0.15, 0.2) is 0 Å². The molecule has 1 saturated carbocycles. The van der Waals surface area contributed by atoms with Crippen LogP contribution in [0.5, 0.6) is 0 Å². The van der Waals surface area contributed by atoms with Crippen molar-refractivity contribution in [2.45, 2.75) is 57.5 Å². The fraction of sp³-hybridized carbons (Fsp3) is 1.00. The van der Waals surface area contributed by atoms with Crippen molar-refractivity contribution in [1.29, 1.82) is 0 Å². The molecule has 2 aliphatic rings. The number of hydrogen-bond acceptors (Lipinski definition) is 3. The molecule has 2 N–H and O–H groups in total. The zero-order chi connectivity index (χ0) is 12.1. The van der Waals surface area contributed by atoms with Gasteiger partial charge in [-0.25, -0.2) is 0 Å². The van der Waals surface area contributed by atoms with Crippen LogP contribution in [0.3, 0.4) is 0 Å². The largest absolute Gasteiger partial charge is 0.381 e. The molecule has 0 amide bonds. The van der Waals surface area contributed by atoms with Crippen LogP contribution in [0, 0.1) is 5.92 Å². The number of hydrogen-bond donors (Lipinski definition) is 1. The lowest BCUT2D eigenvalue weighted by Gasteiger charge is -2.38. The van der Waals surface area contributed by atoms with Crippen molar-refractivity contribution < 1.29 is 4.74 Å². The van der Waals surface area contributed by atoms with E-state index in [1.165, 1.54) is 45.1 Å². The van der Waals surface area contributed by atoms with Crippen molar-refractivity contribution in [2.75, 3.05) is 26.3 Å². The zero-order valence-electron chi connectivity index (χ0n) is 11.2. The molecule has 0 bridgehead atoms. The van der Waals surface area contributed by atoms with Crippen molar-refractivity contribution in [3.8, 4) is 0 Å². The van der Waals surface area contributed by atoms with E-state index in [1.807, 2.05) is 0 Å². The molecular weight excluding hydrogens is 212 g/mol. The van der Waals surface area contributed by atoms with Gasteiger partial charge >= 0.3 is 0 Å². The van der Waals surface area contributed by atoms with Crippen LogP contribution < -0.4 is 5.73 Å². The second-order valence-electron chi connectivity index (χ2n) is 5.58. The van der Waals surface area contributed by atoms with Crippen molar-refractivity contribution in [3.63, 3.8) is 0 Å². The van der Waals surface area contributed by atoms with E-state index >= 15 is 0 Å². The molecule has 2 rings (SSSR count). The maximum Gasteiger partial charge on any atom is 0.0469 e. The normalized spacial score (nSPS) is 24.2. The van der Waals surface area contributed by atoms with E-state index in [1.54, 1.807) is 0 Å². The van der Waals surface area contributed by atoms with Gasteiger partial charge in [0.1, 0.15) is 0 Å². The Labute approximate surface area is 106 Å². The van der Waals surface area contributed by atoms with Gasteiger partial charge in [0.2, 0.25) is 0 Å². The second-order valence-corrected chi connectivity index (χ2v) is 5.58. The lowest BCUT2D eigenvalue weighted by Crippen LogP contribution is -2.48. The average Bonchev–Trinajstić information content (AvgIpc) is 3.20. The number of nitrogens with zero attached hydrogens (tertiary/aromatic N) is 1. The summed E-state index contributed by atoms with van der Waals surface area (Å²) in [7, 11) is 0. The Morgan fingerprint density at radius 1 is 1.24 bits per heavy atom. The monoisotopic (exact) mass is 240 g/mol. The molecule has 1 unspecified atom stereocenters. The van der Waals surface area contributed by atoms with Crippen LogP contribution in [-0.4, -0.2) is 43.3 Å². The van der Waals surface area contributed by atoms with Crippen LogP contribution >= 0.6 is 0 Å². The fourth-order valence-corrected chi connectivity index (χ4v) is 3.07. The summed E-state index contributed by atoms with van der Waals surface area (Å²) < 4.78 is 5.47. The number of unbranched alkanes of at least 4 members (excludes halogenated alkanes) is 1. The van der Waals surface area contributed by atoms with E-state index in [9.17, 15) is 0 Å². The van der Waals surface area contributed by atoms with Gasteiger partial charge in [0.05, 0.1) is 0 Å². The Kier molecular flexibility index (Phi) is 5.26. The van der Waals surface area contributed by atoms with E-state index < -0.39 is 0 Å². The smallest absolute Gasteiger partial charge is 0.0469 e. The molecule has 1 aliphatic carbocycles. The van der Waals surface area contributed by atoms with Gasteiger partial charge in [-0.2, -0.15) is 0 Å². The molecule has 3 nitrogen and oxygen atoms in total. The fourth-order valence-electron chi connectivity index (χ4n) is 3.07. The van der Waals surface area contributed by atoms with Gasteiger partial charge in [-0.05, 0) is 44.6 Å². The van der Waals surface area contributed by atoms with Gasteiger partial charge in [-0.3, -0.25) is 4.90 Å². The molecule has 1 saturated heterocycles. The number of nitrogens with two attached hydrogens (primary N) is 1. The molecule has 0 spiro atoms. The van der Waals surface area contributed by atoms with E-state index in [0.717, 1.165) is 31.7 Å². The lowest BCUT2D eigenvalue weighted by atomic mass is 9.90. The molecule has 0 aromatic heterocycles. The molecular formula is C14H28N2O. The Hall–Kier alpha value is -0.120. The van der Waals surface area contributed by atoms with Crippen LogP contribution in [0.25, 0.3) is 0 Å². The van der Waals surface area contributed by atoms with Crippen molar-refractivity contribution >= 4 is 0 Å². The molecule has 1 heterocycles. The molecule has 2 fully saturated rings. The summed E-state index contributed by atoms with van der Waals surface area (Å²) in [5.74, 6) is 0.770. The van der Waals surface area contributed by atoms with Crippen molar-refractivity contribution in [1.82, 2.24) is 4.90 Å². The minimum absolute atomic E-state index is 0.609. The maximum absolute atomic E-state index is 6.06. The first-order chi connectivity index (χ1) is 8.36. The zero-order valence-corrected chi connectivity index (χ0v) is 11.2. The van der Waals surface area contributed by atoms with Gasteiger partial charge in [0.15, 0.2) is 0 Å². The molecule has 0 radical (unpaired) electrons. The first-order valence-corrected chi connectivity index (χ1v) is 7.40. The van der Waals surface area contributed by atoms with Gasteiger partial charge in [0, 0.05) is 31.8 Å². The second kappa shape index (κ2) is 6.72. The summed E-state index contributed by atoms with van der Waals surface area (Å²) in [6.07, 6.45) is 7.80. The van der Waals surface area contributed by atoms with E-state index in [-0.39, 0.29) is 0 Å². The number of ether oxygens (including phenoxy) is 1. The molecule has 1 aliphatic heterocycles. The predicted octanol–water partition coefficient (Wildman–Crippen LogP) is 2.00. The first kappa shape index (κ1) is 13.3. The molecule has 100 valence electrons. The maximum atomic E-state index is 6.06. The third-order valence-electron chi connectivity index (χ3n) is 4.26. The number of rotatable bonds is 7. The average molecular weight is 240 g/mol. The van der Waals surface area contributed by atoms with Crippen molar-refractivity contribution in [3.05, 3.63) is 0 Å². The Morgan fingerprint density at radius 2 is 1.94 bits per heavy atom. The summed E-state index contributed by atoms with van der Waals surface area (Å²) in [6.45, 7) is 6.23. The molecule has 1 atom stereocenters. The van der Waals surface area contributed by atoms with Gasteiger partial charge in [-0.1, -0.05) is 13.3 Å². The van der Waals surface area contributed by atoms with Crippen LogP contribution in [0.1, 0.15) is 45.4 Å². The summed E-state index contributed by atoms with van der Waals surface area (Å²) in [4.78, 5) is 2.72. The van der Waals surface area contributed by atoms with Crippen LogP contribution in [0.4, 0.5) is 0 Å². The Morgan fingerprint density at radius 3 is 2.47 bits per heavy atom. The van der Waals surface area contributed by atoms with Crippen LogP contribution in [-0.2, 0) is 4.74 Å². The Bertz CT molecular complexity index is 212. The van der Waals surface area contributed by atoms with E-state index in [2.05, 4.69) is 11.8 Å². The summed E-state index contributed by atoms with van der Waals surface area (Å²) in [6, 6.07) is 1.45.